The molecule has 1 aliphatic heterocycles. The van der Waals surface area contributed by atoms with Crippen molar-refractivity contribution in [3.8, 4) is 11.5 Å². The van der Waals surface area contributed by atoms with Gasteiger partial charge in [-0.15, -0.1) is 0 Å². The van der Waals surface area contributed by atoms with E-state index in [1.807, 2.05) is 56.3 Å². The number of hydrogen-bond donors (Lipinski definition) is 2. The summed E-state index contributed by atoms with van der Waals surface area (Å²) < 4.78 is 11.4. The lowest BCUT2D eigenvalue weighted by molar-refractivity contribution is -0.155. The Morgan fingerprint density at radius 2 is 1.44 bits per heavy atom. The van der Waals surface area contributed by atoms with Crippen molar-refractivity contribution in [2.45, 2.75) is 32.8 Å². The first-order valence-electron chi connectivity index (χ1n) is 11.0. The number of carbonyl (C=O) groups is 3. The van der Waals surface area contributed by atoms with E-state index in [-0.39, 0.29) is 12.5 Å². The normalized spacial score (nSPS) is 13.0. The van der Waals surface area contributed by atoms with Crippen LogP contribution in [-0.2, 0) is 19.1 Å². The topological polar surface area (TPSA) is 93.7 Å². The van der Waals surface area contributed by atoms with Crippen LogP contribution in [0.4, 0.5) is 5.69 Å². The summed E-state index contributed by atoms with van der Waals surface area (Å²) in [5.41, 5.74) is 3.93. The van der Waals surface area contributed by atoms with Gasteiger partial charge in [-0.05, 0) is 44.0 Å². The molecule has 34 heavy (non-hydrogen) atoms. The molecule has 3 aromatic carbocycles. The minimum atomic E-state index is -1.08. The number of amides is 2. The molecule has 174 valence electrons. The number of para-hydroxylation sites is 3. The molecule has 0 radical (unpaired) electrons. The Balaban J connectivity index is 1.39. The Morgan fingerprint density at radius 1 is 0.882 bits per heavy atom. The largest absolute Gasteiger partial charge is 0.457 e. The second-order valence-corrected chi connectivity index (χ2v) is 8.22. The molecule has 0 saturated heterocycles. The summed E-state index contributed by atoms with van der Waals surface area (Å²) in [6.45, 7) is 5.04. The molecule has 3 aromatic rings. The van der Waals surface area contributed by atoms with Gasteiger partial charge in [0.05, 0.1) is 6.54 Å². The molecule has 0 unspecified atom stereocenters. The molecule has 0 spiro atoms. The zero-order valence-corrected chi connectivity index (χ0v) is 19.3. The van der Waals surface area contributed by atoms with Crippen molar-refractivity contribution in [3.63, 3.8) is 0 Å². The van der Waals surface area contributed by atoms with Gasteiger partial charge in [-0.25, -0.2) is 0 Å². The van der Waals surface area contributed by atoms with Crippen LogP contribution in [0, 0.1) is 13.8 Å². The van der Waals surface area contributed by atoms with Gasteiger partial charge in [-0.1, -0.05) is 54.6 Å². The number of nitrogens with one attached hydrogen (secondary N) is 2. The average molecular weight is 459 g/mol. The zero-order chi connectivity index (χ0) is 24.2. The van der Waals surface area contributed by atoms with Gasteiger partial charge in [0.1, 0.15) is 17.4 Å². The lowest BCUT2D eigenvalue weighted by Gasteiger charge is -2.27. The van der Waals surface area contributed by atoms with Crippen molar-refractivity contribution in [1.82, 2.24) is 5.32 Å². The summed E-state index contributed by atoms with van der Waals surface area (Å²) in [6, 6.07) is 20.2. The standard InChI is InChI=1S/C27H26N2O5/c1-16-9-8-10-17(2)25(16)29-23(30)15-28-26(31)18(3)33-27(32)24-19-11-4-6-13-21(19)34-22-14-7-5-12-20(22)24/h4-14,18,24H,15H2,1-3H3,(H,28,31)(H,29,30)/t18-/m0/s1. The van der Waals surface area contributed by atoms with Gasteiger partial charge in [-0.3, -0.25) is 14.4 Å². The predicted molar refractivity (Wildman–Crippen MR) is 128 cm³/mol. The minimum Gasteiger partial charge on any atom is -0.457 e. The fourth-order valence-electron chi connectivity index (χ4n) is 3.97. The van der Waals surface area contributed by atoms with Gasteiger partial charge in [0.2, 0.25) is 5.91 Å². The molecule has 4 rings (SSSR count). The maximum Gasteiger partial charge on any atom is 0.318 e. The first-order chi connectivity index (χ1) is 16.3. The van der Waals surface area contributed by atoms with E-state index in [1.54, 1.807) is 24.3 Å². The molecule has 0 saturated carbocycles. The van der Waals surface area contributed by atoms with Crippen LogP contribution in [0.15, 0.2) is 66.7 Å². The lowest BCUT2D eigenvalue weighted by atomic mass is 9.88. The van der Waals surface area contributed by atoms with Crippen molar-refractivity contribution >= 4 is 23.5 Å². The minimum absolute atomic E-state index is 0.239. The van der Waals surface area contributed by atoms with E-state index in [1.165, 1.54) is 6.92 Å². The van der Waals surface area contributed by atoms with E-state index in [9.17, 15) is 14.4 Å². The first kappa shape index (κ1) is 23.0. The van der Waals surface area contributed by atoms with Crippen molar-refractivity contribution < 1.29 is 23.9 Å². The van der Waals surface area contributed by atoms with E-state index in [4.69, 9.17) is 9.47 Å². The Bertz CT molecular complexity index is 1190. The highest BCUT2D eigenvalue weighted by Crippen LogP contribution is 2.44. The molecular weight excluding hydrogens is 432 g/mol. The van der Waals surface area contributed by atoms with Crippen LogP contribution in [0.25, 0.3) is 0 Å². The summed E-state index contributed by atoms with van der Waals surface area (Å²) in [7, 11) is 0. The third kappa shape index (κ3) is 4.78. The Kier molecular flexibility index (Phi) is 6.63. The Labute approximate surface area is 198 Å². The number of fused-ring (bicyclic) bond motifs is 2. The quantitative estimate of drug-likeness (QED) is 0.539. The maximum atomic E-state index is 13.2. The van der Waals surface area contributed by atoms with Gasteiger partial charge < -0.3 is 20.1 Å². The highest BCUT2D eigenvalue weighted by molar-refractivity contribution is 5.96. The number of aryl methyl sites for hydroxylation is 2. The average Bonchev–Trinajstić information content (AvgIpc) is 2.83. The fraction of sp³-hybridized carbons (Fsp3) is 0.222. The van der Waals surface area contributed by atoms with Crippen molar-refractivity contribution in [1.29, 1.82) is 0 Å². The first-order valence-corrected chi connectivity index (χ1v) is 11.0. The summed E-state index contributed by atoms with van der Waals surface area (Å²) in [4.78, 5) is 38.0. The molecule has 0 aromatic heterocycles. The zero-order valence-electron chi connectivity index (χ0n) is 19.3. The van der Waals surface area contributed by atoms with Gasteiger partial charge in [0.25, 0.3) is 5.91 Å². The summed E-state index contributed by atoms with van der Waals surface area (Å²) in [5.74, 6) is -1.06. The SMILES string of the molecule is Cc1cccc(C)c1NC(=O)CNC(=O)[C@H](C)OC(=O)C1c2ccccc2Oc2ccccc21. The van der Waals surface area contributed by atoms with E-state index in [0.29, 0.717) is 22.6 Å². The second-order valence-electron chi connectivity index (χ2n) is 8.22. The highest BCUT2D eigenvalue weighted by atomic mass is 16.5. The molecule has 1 heterocycles. The van der Waals surface area contributed by atoms with Gasteiger partial charge in [0.15, 0.2) is 6.10 Å². The number of esters is 1. The smallest absolute Gasteiger partial charge is 0.318 e. The molecule has 2 N–H and O–H groups in total. The van der Waals surface area contributed by atoms with E-state index < -0.39 is 23.9 Å². The van der Waals surface area contributed by atoms with Crippen LogP contribution in [-0.4, -0.2) is 30.4 Å². The maximum absolute atomic E-state index is 13.2. The van der Waals surface area contributed by atoms with Crippen LogP contribution in [0.1, 0.15) is 35.1 Å². The number of hydrogen-bond acceptors (Lipinski definition) is 5. The van der Waals surface area contributed by atoms with Crippen LogP contribution >= 0.6 is 0 Å². The summed E-state index contributed by atoms with van der Waals surface area (Å²) >= 11 is 0. The molecule has 0 fully saturated rings. The third-order valence-electron chi connectivity index (χ3n) is 5.75. The summed E-state index contributed by atoms with van der Waals surface area (Å²) in [6.07, 6.45) is -1.08. The molecule has 0 aliphatic carbocycles. The fourth-order valence-corrected chi connectivity index (χ4v) is 3.97. The van der Waals surface area contributed by atoms with E-state index >= 15 is 0 Å². The molecule has 1 aliphatic rings. The molecule has 0 bridgehead atoms. The van der Waals surface area contributed by atoms with Crippen LogP contribution in [0.3, 0.4) is 0 Å². The lowest BCUT2D eigenvalue weighted by Crippen LogP contribution is -2.41. The number of ether oxygens (including phenoxy) is 2. The second kappa shape index (κ2) is 9.79. The number of anilines is 1. The summed E-state index contributed by atoms with van der Waals surface area (Å²) in [5, 5.41) is 5.35. The van der Waals surface area contributed by atoms with Gasteiger partial charge in [0, 0.05) is 16.8 Å². The Hall–Kier alpha value is -4.13. The van der Waals surface area contributed by atoms with Crippen molar-refractivity contribution in [2.24, 2.45) is 0 Å². The molecular formula is C27H26N2O5. The van der Waals surface area contributed by atoms with Gasteiger partial charge in [-0.2, -0.15) is 0 Å². The van der Waals surface area contributed by atoms with Crippen LogP contribution < -0.4 is 15.4 Å². The molecule has 7 heteroatoms. The number of benzene rings is 3. The number of rotatable bonds is 6. The molecule has 2 amide bonds. The monoisotopic (exact) mass is 458 g/mol. The molecule has 7 nitrogen and oxygen atoms in total. The Morgan fingerprint density at radius 3 is 2.03 bits per heavy atom. The molecule has 1 atom stereocenters. The van der Waals surface area contributed by atoms with Crippen molar-refractivity contribution in [3.05, 3.63) is 89.0 Å². The predicted octanol–water partition coefficient (Wildman–Crippen LogP) is 4.23. The van der Waals surface area contributed by atoms with Crippen LogP contribution in [0.5, 0.6) is 11.5 Å². The van der Waals surface area contributed by atoms with E-state index in [2.05, 4.69) is 10.6 Å². The van der Waals surface area contributed by atoms with Crippen molar-refractivity contribution in [2.75, 3.05) is 11.9 Å². The van der Waals surface area contributed by atoms with E-state index in [0.717, 1.165) is 16.8 Å². The third-order valence-corrected chi connectivity index (χ3v) is 5.75. The van der Waals surface area contributed by atoms with Gasteiger partial charge >= 0.3 is 5.97 Å². The number of carbonyl (C=O) groups excluding carboxylic acids is 3. The highest BCUT2D eigenvalue weighted by Gasteiger charge is 2.35. The van der Waals surface area contributed by atoms with Crippen LogP contribution in [0.2, 0.25) is 0 Å².